The molecule has 0 bridgehead atoms. The lowest BCUT2D eigenvalue weighted by atomic mass is 9.65. The molecule has 0 aromatic heterocycles. The van der Waals surface area contributed by atoms with E-state index in [4.69, 9.17) is 14.2 Å². The fourth-order valence-electron chi connectivity index (χ4n) is 3.91. The Balaban J connectivity index is 2.21. The summed E-state index contributed by atoms with van der Waals surface area (Å²) >= 11 is 0. The predicted octanol–water partition coefficient (Wildman–Crippen LogP) is 3.49. The van der Waals surface area contributed by atoms with Gasteiger partial charge in [0.25, 0.3) is 0 Å². The van der Waals surface area contributed by atoms with Gasteiger partial charge in [0.1, 0.15) is 0 Å². The summed E-state index contributed by atoms with van der Waals surface area (Å²) in [5, 5.41) is 21.0. The lowest BCUT2D eigenvalue weighted by molar-refractivity contribution is -0.00739. The zero-order chi connectivity index (χ0) is 19.1. The summed E-state index contributed by atoms with van der Waals surface area (Å²) in [4.78, 5) is 0. The Kier molecular flexibility index (Phi) is 4.76. The highest BCUT2D eigenvalue weighted by Gasteiger charge is 2.42. The van der Waals surface area contributed by atoms with Gasteiger partial charge in [-0.2, -0.15) is 0 Å². The first-order chi connectivity index (χ1) is 12.3. The molecule has 2 aromatic carbocycles. The zero-order valence-electron chi connectivity index (χ0n) is 15.9. The summed E-state index contributed by atoms with van der Waals surface area (Å²) in [5.41, 5.74) is 2.22. The summed E-state index contributed by atoms with van der Waals surface area (Å²) in [6.07, 6.45) is 0.537. The van der Waals surface area contributed by atoms with Gasteiger partial charge in [-0.05, 0) is 53.8 Å². The normalized spacial score (nSPS) is 24.7. The quantitative estimate of drug-likeness (QED) is 0.876. The number of hydrogen-bond donors (Lipinski definition) is 2. The topological polar surface area (TPSA) is 68.2 Å². The molecule has 0 heterocycles. The van der Waals surface area contributed by atoms with E-state index in [1.54, 1.807) is 20.3 Å². The molecule has 140 valence electrons. The number of aliphatic hydroxyl groups is 1. The molecule has 0 amide bonds. The van der Waals surface area contributed by atoms with Crippen molar-refractivity contribution in [1.82, 2.24) is 0 Å². The molecule has 26 heavy (non-hydrogen) atoms. The standard InChI is InChI=1S/C21H26O5/c1-12-20(13-6-7-16(22)17(8-13)24-3)15-10-19(26-5)18(25-4)9-14(15)11-21(12,2)23/h6-10,12,20,22-23H,11H2,1-5H3. The van der Waals surface area contributed by atoms with Gasteiger partial charge in [0.05, 0.1) is 26.9 Å². The summed E-state index contributed by atoms with van der Waals surface area (Å²) < 4.78 is 16.2. The highest BCUT2D eigenvalue weighted by molar-refractivity contribution is 5.54. The van der Waals surface area contributed by atoms with E-state index in [0.29, 0.717) is 23.7 Å². The average Bonchev–Trinajstić information content (AvgIpc) is 2.62. The van der Waals surface area contributed by atoms with Crippen LogP contribution in [0.2, 0.25) is 0 Å². The molecule has 5 nitrogen and oxygen atoms in total. The number of benzene rings is 2. The minimum absolute atomic E-state index is 0.0395. The molecular weight excluding hydrogens is 332 g/mol. The first-order valence-corrected chi connectivity index (χ1v) is 8.66. The molecule has 0 fully saturated rings. The second-order valence-corrected chi connectivity index (χ2v) is 7.14. The number of fused-ring (bicyclic) bond motifs is 1. The summed E-state index contributed by atoms with van der Waals surface area (Å²) in [7, 11) is 4.75. The van der Waals surface area contributed by atoms with Gasteiger partial charge in [-0.3, -0.25) is 0 Å². The van der Waals surface area contributed by atoms with E-state index in [1.807, 2.05) is 38.1 Å². The Morgan fingerprint density at radius 2 is 1.58 bits per heavy atom. The van der Waals surface area contributed by atoms with Gasteiger partial charge in [-0.25, -0.2) is 0 Å². The Bertz CT molecular complexity index is 812. The molecule has 1 aliphatic rings. The van der Waals surface area contributed by atoms with Crippen LogP contribution in [0.3, 0.4) is 0 Å². The molecule has 3 unspecified atom stereocenters. The fourth-order valence-corrected chi connectivity index (χ4v) is 3.91. The Labute approximate surface area is 154 Å². The van der Waals surface area contributed by atoms with Gasteiger partial charge < -0.3 is 24.4 Å². The minimum Gasteiger partial charge on any atom is -0.504 e. The number of rotatable bonds is 4. The van der Waals surface area contributed by atoms with Gasteiger partial charge in [-0.1, -0.05) is 13.0 Å². The number of methoxy groups -OCH3 is 3. The number of hydrogen-bond acceptors (Lipinski definition) is 5. The van der Waals surface area contributed by atoms with Crippen LogP contribution in [0.4, 0.5) is 0 Å². The molecule has 3 atom stereocenters. The van der Waals surface area contributed by atoms with Gasteiger partial charge in [0.2, 0.25) is 0 Å². The Morgan fingerprint density at radius 3 is 2.19 bits per heavy atom. The fraction of sp³-hybridized carbons (Fsp3) is 0.429. The van der Waals surface area contributed by atoms with Crippen LogP contribution in [0, 0.1) is 5.92 Å². The molecular formula is C21H26O5. The molecule has 1 aliphatic carbocycles. The molecule has 5 heteroatoms. The Morgan fingerprint density at radius 1 is 0.962 bits per heavy atom. The molecule has 0 radical (unpaired) electrons. The van der Waals surface area contributed by atoms with Crippen molar-refractivity contribution < 1.29 is 24.4 Å². The third kappa shape index (κ3) is 2.97. The van der Waals surface area contributed by atoms with Crippen molar-refractivity contribution in [2.75, 3.05) is 21.3 Å². The van der Waals surface area contributed by atoms with E-state index in [2.05, 4.69) is 0 Å². The molecule has 0 saturated carbocycles. The number of phenolic OH excluding ortho intramolecular Hbond substituents is 1. The smallest absolute Gasteiger partial charge is 0.161 e. The molecule has 0 spiro atoms. The molecule has 2 aromatic rings. The van der Waals surface area contributed by atoms with Crippen LogP contribution in [0.25, 0.3) is 0 Å². The zero-order valence-corrected chi connectivity index (χ0v) is 15.9. The van der Waals surface area contributed by atoms with Crippen LogP contribution in [-0.2, 0) is 6.42 Å². The van der Waals surface area contributed by atoms with E-state index in [0.717, 1.165) is 16.7 Å². The predicted molar refractivity (Wildman–Crippen MR) is 99.5 cm³/mol. The van der Waals surface area contributed by atoms with Crippen molar-refractivity contribution in [3.8, 4) is 23.0 Å². The SMILES string of the molecule is COc1cc(C2c3cc(OC)c(OC)cc3CC(C)(O)C2C)ccc1O. The van der Waals surface area contributed by atoms with E-state index in [9.17, 15) is 10.2 Å². The summed E-state index contributed by atoms with van der Waals surface area (Å²) in [6, 6.07) is 9.27. The van der Waals surface area contributed by atoms with Crippen LogP contribution >= 0.6 is 0 Å². The van der Waals surface area contributed by atoms with Crippen LogP contribution in [0.5, 0.6) is 23.0 Å². The maximum atomic E-state index is 11.0. The molecule has 3 rings (SSSR count). The highest BCUT2D eigenvalue weighted by Crippen LogP contribution is 2.49. The number of phenols is 1. The largest absolute Gasteiger partial charge is 0.504 e. The monoisotopic (exact) mass is 358 g/mol. The van der Waals surface area contributed by atoms with E-state index in [-0.39, 0.29) is 17.6 Å². The third-order valence-electron chi connectivity index (χ3n) is 5.57. The van der Waals surface area contributed by atoms with Gasteiger partial charge in [-0.15, -0.1) is 0 Å². The van der Waals surface area contributed by atoms with Gasteiger partial charge >= 0.3 is 0 Å². The van der Waals surface area contributed by atoms with Crippen LogP contribution in [0.1, 0.15) is 36.5 Å². The van der Waals surface area contributed by atoms with Crippen molar-refractivity contribution in [3.05, 3.63) is 47.0 Å². The first kappa shape index (κ1) is 18.4. The van der Waals surface area contributed by atoms with E-state index in [1.165, 1.54) is 7.11 Å². The van der Waals surface area contributed by atoms with Crippen molar-refractivity contribution in [2.45, 2.75) is 31.8 Å². The number of aromatic hydroxyl groups is 1. The number of ether oxygens (including phenoxy) is 3. The van der Waals surface area contributed by atoms with E-state index >= 15 is 0 Å². The second kappa shape index (κ2) is 6.72. The van der Waals surface area contributed by atoms with E-state index < -0.39 is 5.60 Å². The third-order valence-corrected chi connectivity index (χ3v) is 5.57. The van der Waals surface area contributed by atoms with Crippen molar-refractivity contribution in [2.24, 2.45) is 5.92 Å². The molecule has 0 saturated heterocycles. The summed E-state index contributed by atoms with van der Waals surface area (Å²) in [5.74, 6) is 1.72. The summed E-state index contributed by atoms with van der Waals surface area (Å²) in [6.45, 7) is 3.91. The van der Waals surface area contributed by atoms with Gasteiger partial charge in [0, 0.05) is 12.3 Å². The average molecular weight is 358 g/mol. The maximum absolute atomic E-state index is 11.0. The molecule has 2 N–H and O–H groups in total. The van der Waals surface area contributed by atoms with Crippen molar-refractivity contribution in [3.63, 3.8) is 0 Å². The molecule has 0 aliphatic heterocycles. The van der Waals surface area contributed by atoms with Crippen LogP contribution in [-0.4, -0.2) is 37.1 Å². The second-order valence-electron chi connectivity index (χ2n) is 7.14. The lowest BCUT2D eigenvalue weighted by Gasteiger charge is -2.42. The van der Waals surface area contributed by atoms with Crippen molar-refractivity contribution in [1.29, 1.82) is 0 Å². The first-order valence-electron chi connectivity index (χ1n) is 8.66. The van der Waals surface area contributed by atoms with Crippen LogP contribution in [0.15, 0.2) is 30.3 Å². The maximum Gasteiger partial charge on any atom is 0.161 e. The Hall–Kier alpha value is -2.40. The highest BCUT2D eigenvalue weighted by atomic mass is 16.5. The van der Waals surface area contributed by atoms with Gasteiger partial charge in [0.15, 0.2) is 23.0 Å². The minimum atomic E-state index is -0.873. The van der Waals surface area contributed by atoms with Crippen LogP contribution < -0.4 is 14.2 Å². The van der Waals surface area contributed by atoms with Crippen molar-refractivity contribution >= 4 is 0 Å². The lowest BCUT2D eigenvalue weighted by Crippen LogP contribution is -2.43.